The minimum atomic E-state index is -2.69. The number of hydrogen-bond acceptors (Lipinski definition) is 8. The molecule has 1 unspecified atom stereocenters. The molecule has 0 saturated carbocycles. The summed E-state index contributed by atoms with van der Waals surface area (Å²) in [6.45, 7) is 8.46. The molecule has 1 N–H and O–H groups in total. The third-order valence-corrected chi connectivity index (χ3v) is 4.45. The van der Waals surface area contributed by atoms with Crippen molar-refractivity contribution in [2.24, 2.45) is 11.3 Å². The molecule has 0 rings (SSSR count). The fourth-order valence-electron chi connectivity index (χ4n) is 2.07. The van der Waals surface area contributed by atoms with Gasteiger partial charge in [-0.2, -0.15) is 0 Å². The Morgan fingerprint density at radius 2 is 1.70 bits per heavy atom. The van der Waals surface area contributed by atoms with Crippen LogP contribution in [0.5, 0.6) is 0 Å². The van der Waals surface area contributed by atoms with E-state index >= 15 is 0 Å². The average molecular weight is 408 g/mol. The predicted molar refractivity (Wildman–Crippen MR) is 97.7 cm³/mol. The highest BCUT2D eigenvalue weighted by Gasteiger charge is 2.41. The third-order valence-electron chi connectivity index (χ3n) is 3.75. The first-order valence-electron chi connectivity index (χ1n) is 8.84. The maximum Gasteiger partial charge on any atom is 0.701 e. The van der Waals surface area contributed by atoms with Crippen LogP contribution in [0, 0.1) is 11.3 Å². The Kier molecular flexibility index (Phi) is 12.0. The van der Waals surface area contributed by atoms with Crippen LogP contribution < -0.4 is 5.32 Å². The Morgan fingerprint density at radius 1 is 1.11 bits per heavy atom. The maximum atomic E-state index is 12.3. The molecule has 27 heavy (non-hydrogen) atoms. The quantitative estimate of drug-likeness (QED) is 0.298. The topological polar surface area (TPSA) is 117 Å². The van der Waals surface area contributed by atoms with Gasteiger partial charge in [-0.25, -0.2) is 0 Å². The highest BCUT2D eigenvalue weighted by molar-refractivity contribution is 7.33. The van der Waals surface area contributed by atoms with Crippen molar-refractivity contribution >= 4 is 26.1 Å². The van der Waals surface area contributed by atoms with Crippen molar-refractivity contribution in [3.63, 3.8) is 0 Å². The van der Waals surface area contributed by atoms with Gasteiger partial charge in [0.1, 0.15) is 0 Å². The number of carbonyl (C=O) groups excluding carboxylic acids is 3. The second-order valence-electron chi connectivity index (χ2n) is 6.92. The Labute approximate surface area is 161 Å². The lowest BCUT2D eigenvalue weighted by Crippen LogP contribution is -2.44. The second-order valence-corrected chi connectivity index (χ2v) is 7.83. The normalized spacial score (nSPS) is 13.1. The van der Waals surface area contributed by atoms with Crippen molar-refractivity contribution in [2.45, 2.75) is 60.0 Å². The van der Waals surface area contributed by atoms with E-state index in [2.05, 4.69) is 10.1 Å². The van der Waals surface area contributed by atoms with Gasteiger partial charge in [-0.1, -0.05) is 39.1 Å². The predicted octanol–water partition coefficient (Wildman–Crippen LogP) is 2.71. The van der Waals surface area contributed by atoms with Crippen molar-refractivity contribution in [3.8, 4) is 0 Å². The Bertz CT molecular complexity index is 514. The average Bonchev–Trinajstić information content (AvgIpc) is 2.59. The SMILES string of the molecule is CCC(CC)C(=O)OCO[P+](=O)O[C@@H](C(=O)NCCC(=O)OC)C(C)(C)C. The van der Waals surface area contributed by atoms with E-state index in [0.717, 1.165) is 0 Å². The molecule has 0 aromatic rings. The Balaban J connectivity index is 4.55. The van der Waals surface area contributed by atoms with Crippen LogP contribution in [0.15, 0.2) is 0 Å². The van der Waals surface area contributed by atoms with E-state index < -0.39 is 44.4 Å². The largest absolute Gasteiger partial charge is 0.701 e. The van der Waals surface area contributed by atoms with Gasteiger partial charge in [0.15, 0.2) is 6.10 Å². The summed E-state index contributed by atoms with van der Waals surface area (Å²) < 4.78 is 31.5. The van der Waals surface area contributed by atoms with Gasteiger partial charge in [0.25, 0.3) is 5.91 Å². The highest BCUT2D eigenvalue weighted by atomic mass is 31.1. The highest BCUT2D eigenvalue weighted by Crippen LogP contribution is 2.33. The van der Waals surface area contributed by atoms with E-state index in [4.69, 9.17) is 13.8 Å². The van der Waals surface area contributed by atoms with Gasteiger partial charge in [-0.15, -0.1) is 4.52 Å². The Morgan fingerprint density at radius 3 is 2.19 bits per heavy atom. The lowest BCUT2D eigenvalue weighted by Gasteiger charge is -2.24. The van der Waals surface area contributed by atoms with Crippen LogP contribution in [-0.4, -0.2) is 44.4 Å². The van der Waals surface area contributed by atoms with Gasteiger partial charge in [0.2, 0.25) is 6.79 Å². The summed E-state index contributed by atoms with van der Waals surface area (Å²) >= 11 is 0. The monoisotopic (exact) mass is 408 g/mol. The van der Waals surface area contributed by atoms with Gasteiger partial charge >= 0.3 is 20.2 Å². The summed E-state index contributed by atoms with van der Waals surface area (Å²) in [6, 6.07) is 0. The number of rotatable bonds is 12. The molecule has 10 heteroatoms. The van der Waals surface area contributed by atoms with Gasteiger partial charge in [0, 0.05) is 16.5 Å². The van der Waals surface area contributed by atoms with Crippen LogP contribution in [-0.2, 0) is 37.5 Å². The first-order valence-corrected chi connectivity index (χ1v) is 9.94. The van der Waals surface area contributed by atoms with Crippen LogP contribution >= 0.6 is 8.25 Å². The molecule has 0 spiro atoms. The Hall–Kier alpha value is -1.57. The minimum absolute atomic E-state index is 0.00765. The van der Waals surface area contributed by atoms with Gasteiger partial charge in [-0.3, -0.25) is 14.4 Å². The number of carbonyl (C=O) groups is 3. The van der Waals surface area contributed by atoms with E-state index in [-0.39, 0.29) is 18.9 Å². The fraction of sp³-hybridized carbons (Fsp3) is 0.824. The number of amides is 1. The van der Waals surface area contributed by atoms with Crippen molar-refractivity contribution in [3.05, 3.63) is 0 Å². The molecule has 156 valence electrons. The zero-order chi connectivity index (χ0) is 21.0. The van der Waals surface area contributed by atoms with Crippen molar-refractivity contribution < 1.29 is 37.5 Å². The smallest absolute Gasteiger partial charge is 0.469 e. The van der Waals surface area contributed by atoms with Crippen LogP contribution in [0.2, 0.25) is 0 Å². The maximum absolute atomic E-state index is 12.3. The summed E-state index contributed by atoms with van der Waals surface area (Å²) in [5.74, 6) is -1.67. The standard InChI is InChI=1S/C17H30NO8P/c1-7-12(8-2)16(21)24-11-25-27(22)26-14(17(3,4)5)15(20)18-10-9-13(19)23-6/h12,14H,7-11H2,1-6H3/p+1/t14-/m0/s1. The first-order chi connectivity index (χ1) is 12.6. The summed E-state index contributed by atoms with van der Waals surface area (Å²) in [5.41, 5.74) is -0.685. The molecular weight excluding hydrogens is 377 g/mol. The molecule has 0 aliphatic heterocycles. The molecule has 1 amide bonds. The molecule has 0 radical (unpaired) electrons. The van der Waals surface area contributed by atoms with E-state index in [1.165, 1.54) is 7.11 Å². The summed E-state index contributed by atoms with van der Waals surface area (Å²) in [4.78, 5) is 35.1. The number of methoxy groups -OCH3 is 1. The van der Waals surface area contributed by atoms with E-state index in [9.17, 15) is 18.9 Å². The molecule has 0 aromatic carbocycles. The second kappa shape index (κ2) is 12.8. The molecule has 0 bridgehead atoms. The lowest BCUT2D eigenvalue weighted by atomic mass is 9.88. The van der Waals surface area contributed by atoms with Crippen LogP contribution in [0.1, 0.15) is 53.9 Å². The van der Waals surface area contributed by atoms with Gasteiger partial charge < -0.3 is 14.8 Å². The molecule has 0 fully saturated rings. The zero-order valence-corrected chi connectivity index (χ0v) is 17.8. The van der Waals surface area contributed by atoms with E-state index in [0.29, 0.717) is 12.8 Å². The van der Waals surface area contributed by atoms with Crippen LogP contribution in [0.4, 0.5) is 0 Å². The van der Waals surface area contributed by atoms with Crippen molar-refractivity contribution in [2.75, 3.05) is 20.4 Å². The van der Waals surface area contributed by atoms with Crippen LogP contribution in [0.25, 0.3) is 0 Å². The number of hydrogen-bond donors (Lipinski definition) is 1. The minimum Gasteiger partial charge on any atom is -0.469 e. The molecule has 0 saturated heterocycles. The number of ether oxygens (including phenoxy) is 2. The summed E-state index contributed by atoms with van der Waals surface area (Å²) in [7, 11) is -1.43. The van der Waals surface area contributed by atoms with Crippen molar-refractivity contribution in [1.82, 2.24) is 5.32 Å². The number of nitrogens with one attached hydrogen (secondary N) is 1. The first kappa shape index (κ1) is 25.4. The lowest BCUT2D eigenvalue weighted by molar-refractivity contribution is -0.156. The fourth-order valence-corrected chi connectivity index (χ4v) is 2.85. The molecule has 2 atom stereocenters. The van der Waals surface area contributed by atoms with Gasteiger partial charge in [0.05, 0.1) is 19.4 Å². The zero-order valence-electron chi connectivity index (χ0n) is 16.9. The number of esters is 2. The van der Waals surface area contributed by atoms with E-state index in [1.807, 2.05) is 13.8 Å². The van der Waals surface area contributed by atoms with Gasteiger partial charge in [-0.05, 0) is 12.8 Å². The molecular formula is C17H31NO8P+. The summed E-state index contributed by atoms with van der Waals surface area (Å²) in [5, 5.41) is 2.53. The molecule has 0 aliphatic rings. The van der Waals surface area contributed by atoms with Crippen molar-refractivity contribution in [1.29, 1.82) is 0 Å². The molecule has 0 heterocycles. The van der Waals surface area contributed by atoms with E-state index in [1.54, 1.807) is 20.8 Å². The molecule has 0 aromatic heterocycles. The van der Waals surface area contributed by atoms with Crippen LogP contribution in [0.3, 0.4) is 0 Å². The molecule has 0 aliphatic carbocycles. The third kappa shape index (κ3) is 10.4. The summed E-state index contributed by atoms with van der Waals surface area (Å²) in [6.07, 6.45) is 0.188. The molecule has 9 nitrogen and oxygen atoms in total.